The van der Waals surface area contributed by atoms with Crippen LogP contribution in [-0.4, -0.2) is 17.4 Å². The number of fused-ring (bicyclic) bond motifs is 7. The van der Waals surface area contributed by atoms with Crippen molar-refractivity contribution in [3.05, 3.63) is 0 Å². The fourth-order valence-electron chi connectivity index (χ4n) is 11.9. The summed E-state index contributed by atoms with van der Waals surface area (Å²) < 4.78 is 44.5. The number of halogens is 3. The van der Waals surface area contributed by atoms with E-state index in [1.807, 2.05) is 0 Å². The van der Waals surface area contributed by atoms with E-state index in [1.165, 1.54) is 0 Å². The summed E-state index contributed by atoms with van der Waals surface area (Å²) in [6, 6.07) is 0. The Balaban J connectivity index is 1.57. The number of rotatable bonds is 1. The molecule has 0 aromatic rings. The van der Waals surface area contributed by atoms with E-state index in [0.717, 1.165) is 51.4 Å². The molecule has 1 N–H and O–H groups in total. The number of hydrogen-bond acceptors (Lipinski definition) is 1. The Hall–Kier alpha value is -0.250. The number of aliphatic hydroxyl groups is 1. The van der Waals surface area contributed by atoms with Crippen molar-refractivity contribution in [2.45, 2.75) is 125 Å². The molecule has 10 atom stereocenters. The summed E-state index contributed by atoms with van der Waals surface area (Å²) in [5.74, 6) is 1.53. The van der Waals surface area contributed by atoms with E-state index < -0.39 is 11.6 Å². The summed E-state index contributed by atoms with van der Waals surface area (Å²) in [4.78, 5) is 0. The zero-order valence-electron chi connectivity index (χ0n) is 22.7. The van der Waals surface area contributed by atoms with Crippen molar-refractivity contribution in [1.29, 1.82) is 0 Å². The van der Waals surface area contributed by atoms with Gasteiger partial charge in [-0.05, 0) is 121 Å². The van der Waals surface area contributed by atoms with Crippen LogP contribution in [0.25, 0.3) is 0 Å². The van der Waals surface area contributed by atoms with Crippen LogP contribution in [0.1, 0.15) is 113 Å². The van der Waals surface area contributed by atoms with Crippen LogP contribution >= 0.6 is 0 Å². The molecule has 0 aromatic carbocycles. The molecule has 0 spiro atoms. The Labute approximate surface area is 206 Å². The van der Waals surface area contributed by atoms with E-state index in [4.69, 9.17) is 0 Å². The third-order valence-electron chi connectivity index (χ3n) is 13.9. The highest BCUT2D eigenvalue weighted by molar-refractivity contribution is 5.20. The quantitative estimate of drug-likeness (QED) is 0.396. The van der Waals surface area contributed by atoms with Gasteiger partial charge in [0.1, 0.15) is 0 Å². The summed E-state index contributed by atoms with van der Waals surface area (Å²) in [5, 5.41) is 10.9. The Morgan fingerprint density at radius 2 is 1.41 bits per heavy atom. The zero-order chi connectivity index (χ0) is 25.1. The Bertz CT molecular complexity index is 818. The summed E-state index contributed by atoms with van der Waals surface area (Å²) in [6.45, 7) is 16.3. The Morgan fingerprint density at radius 1 is 0.735 bits per heavy atom. The highest BCUT2D eigenvalue weighted by Gasteiger charge is 2.74. The molecule has 0 aromatic heterocycles. The molecular weight excluding hydrogens is 433 g/mol. The molecule has 4 heteroatoms. The van der Waals surface area contributed by atoms with Crippen molar-refractivity contribution in [2.24, 2.45) is 62.6 Å². The second kappa shape index (κ2) is 7.41. The van der Waals surface area contributed by atoms with E-state index in [-0.39, 0.29) is 45.5 Å². The largest absolute Gasteiger partial charge is 0.394 e. The SMILES string of the molecule is CC(C)[C@@H]1CC[C@]2(C(F)(F)F)CC[C@]3(C)[C@H](CC[C@@H]4[C@@]5(C)CC[C@H](O)C(C)(C)[C@@H]5CC[C@]43C)[C@@H]12. The van der Waals surface area contributed by atoms with Gasteiger partial charge in [-0.25, -0.2) is 0 Å². The van der Waals surface area contributed by atoms with Crippen LogP contribution in [0.2, 0.25) is 0 Å². The van der Waals surface area contributed by atoms with Crippen molar-refractivity contribution in [1.82, 2.24) is 0 Å². The topological polar surface area (TPSA) is 20.2 Å². The van der Waals surface area contributed by atoms with Gasteiger partial charge in [0.15, 0.2) is 0 Å². The number of aliphatic hydroxyl groups excluding tert-OH is 1. The van der Waals surface area contributed by atoms with Gasteiger partial charge in [-0.3, -0.25) is 0 Å². The minimum atomic E-state index is -4.09. The van der Waals surface area contributed by atoms with Crippen molar-refractivity contribution in [3.8, 4) is 0 Å². The standard InChI is InChI=1S/C30H49F3O/c1-18(2)19-10-15-29(30(31,32)33)17-16-27(6)20(24(19)29)8-9-22-26(5)13-12-23(34)25(3,4)21(26)11-14-28(22,27)7/h18-24,34H,8-17H2,1-7H3/t19-,20+,21-,22+,23-,24+,26-,27+,28+,29-/m0/s1. The van der Waals surface area contributed by atoms with E-state index >= 15 is 0 Å². The van der Waals surface area contributed by atoms with Gasteiger partial charge in [0.2, 0.25) is 0 Å². The van der Waals surface area contributed by atoms with E-state index in [2.05, 4.69) is 48.5 Å². The van der Waals surface area contributed by atoms with Gasteiger partial charge >= 0.3 is 6.18 Å². The van der Waals surface area contributed by atoms with Crippen molar-refractivity contribution < 1.29 is 18.3 Å². The molecule has 0 unspecified atom stereocenters. The minimum Gasteiger partial charge on any atom is -0.393 e. The van der Waals surface area contributed by atoms with Gasteiger partial charge in [0.05, 0.1) is 11.5 Å². The number of hydrogen-bond donors (Lipinski definition) is 1. The molecule has 5 fully saturated rings. The average Bonchev–Trinajstić information content (AvgIpc) is 3.13. The van der Waals surface area contributed by atoms with Gasteiger partial charge in [-0.1, -0.05) is 48.5 Å². The molecule has 34 heavy (non-hydrogen) atoms. The second-order valence-corrected chi connectivity index (χ2v) is 15.2. The van der Waals surface area contributed by atoms with E-state index in [1.54, 1.807) is 0 Å². The first-order chi connectivity index (χ1) is 15.6. The molecule has 0 heterocycles. The highest BCUT2D eigenvalue weighted by atomic mass is 19.4. The molecule has 5 aliphatic rings. The summed E-state index contributed by atoms with van der Waals surface area (Å²) in [6.07, 6.45) is 4.03. The monoisotopic (exact) mass is 482 g/mol. The molecule has 196 valence electrons. The van der Waals surface area contributed by atoms with Crippen molar-refractivity contribution in [3.63, 3.8) is 0 Å². The third kappa shape index (κ3) is 2.90. The van der Waals surface area contributed by atoms with Crippen LogP contribution in [0.3, 0.4) is 0 Å². The van der Waals surface area contributed by atoms with Gasteiger partial charge in [-0.2, -0.15) is 13.2 Å². The lowest BCUT2D eigenvalue weighted by molar-refractivity contribution is -0.299. The summed E-state index contributed by atoms with van der Waals surface area (Å²) >= 11 is 0. The molecule has 5 aliphatic carbocycles. The van der Waals surface area contributed by atoms with Crippen LogP contribution in [0.4, 0.5) is 13.2 Å². The van der Waals surface area contributed by atoms with Crippen LogP contribution in [0.5, 0.6) is 0 Å². The molecule has 0 amide bonds. The molecule has 0 saturated heterocycles. The molecule has 5 rings (SSSR count). The second-order valence-electron chi connectivity index (χ2n) is 15.2. The molecular formula is C30H49F3O. The summed E-state index contributed by atoms with van der Waals surface area (Å²) in [5.41, 5.74) is -1.30. The maximum absolute atomic E-state index is 14.8. The molecule has 5 saturated carbocycles. The lowest BCUT2D eigenvalue weighted by Crippen LogP contribution is -2.67. The molecule has 1 nitrogen and oxygen atoms in total. The van der Waals surface area contributed by atoms with E-state index in [0.29, 0.717) is 30.6 Å². The van der Waals surface area contributed by atoms with Crippen LogP contribution < -0.4 is 0 Å². The van der Waals surface area contributed by atoms with Crippen molar-refractivity contribution >= 4 is 0 Å². The minimum absolute atomic E-state index is 0.0268. The predicted molar refractivity (Wildman–Crippen MR) is 131 cm³/mol. The van der Waals surface area contributed by atoms with Gasteiger partial charge in [0.25, 0.3) is 0 Å². The third-order valence-corrected chi connectivity index (χ3v) is 13.9. The Kier molecular flexibility index (Phi) is 5.54. The lowest BCUT2D eigenvalue weighted by Gasteiger charge is -2.73. The summed E-state index contributed by atoms with van der Waals surface area (Å²) in [7, 11) is 0. The normalized spacial score (nSPS) is 54.7. The first kappa shape index (κ1) is 25.4. The molecule has 0 aliphatic heterocycles. The van der Waals surface area contributed by atoms with Gasteiger partial charge < -0.3 is 5.11 Å². The fraction of sp³-hybridized carbons (Fsp3) is 1.00. The van der Waals surface area contributed by atoms with Gasteiger partial charge in [-0.15, -0.1) is 0 Å². The average molecular weight is 483 g/mol. The highest BCUT2D eigenvalue weighted by Crippen LogP contribution is 2.78. The fourth-order valence-corrected chi connectivity index (χ4v) is 11.9. The van der Waals surface area contributed by atoms with Crippen LogP contribution in [0, 0.1) is 62.6 Å². The van der Waals surface area contributed by atoms with Crippen LogP contribution in [-0.2, 0) is 0 Å². The molecule has 0 radical (unpaired) electrons. The zero-order valence-corrected chi connectivity index (χ0v) is 22.7. The lowest BCUT2D eigenvalue weighted by atomic mass is 9.32. The first-order valence-electron chi connectivity index (χ1n) is 14.3. The number of alkyl halides is 3. The smallest absolute Gasteiger partial charge is 0.393 e. The first-order valence-corrected chi connectivity index (χ1v) is 14.3. The molecule has 0 bridgehead atoms. The Morgan fingerprint density at radius 3 is 2.03 bits per heavy atom. The maximum atomic E-state index is 14.8. The van der Waals surface area contributed by atoms with Gasteiger partial charge in [0, 0.05) is 0 Å². The van der Waals surface area contributed by atoms with Crippen LogP contribution in [0.15, 0.2) is 0 Å². The maximum Gasteiger partial charge on any atom is 0.394 e. The van der Waals surface area contributed by atoms with Crippen molar-refractivity contribution in [2.75, 3.05) is 0 Å². The predicted octanol–water partition coefficient (Wildman–Crippen LogP) is 8.65. The van der Waals surface area contributed by atoms with E-state index in [9.17, 15) is 18.3 Å².